The molecule has 0 fully saturated rings. The SMILES string of the molecule is CCNC(=O)c1cc(NC(=O)c2ccn(C(F)F)n2)ccc1Cl. The molecule has 0 aliphatic heterocycles. The van der Waals surface area contributed by atoms with E-state index in [1.807, 2.05) is 0 Å². The third-order valence-corrected chi connectivity index (χ3v) is 3.18. The van der Waals surface area contributed by atoms with Gasteiger partial charge in [0.25, 0.3) is 11.8 Å². The van der Waals surface area contributed by atoms with Crippen LogP contribution in [-0.4, -0.2) is 28.1 Å². The predicted octanol–water partition coefficient (Wildman–Crippen LogP) is 2.93. The Labute approximate surface area is 135 Å². The lowest BCUT2D eigenvalue weighted by molar-refractivity contribution is 0.0561. The summed E-state index contributed by atoms with van der Waals surface area (Å²) in [5, 5.41) is 8.76. The lowest BCUT2D eigenvalue weighted by Crippen LogP contribution is -2.23. The molecule has 2 aromatic rings. The minimum Gasteiger partial charge on any atom is -0.352 e. The van der Waals surface area contributed by atoms with Crippen molar-refractivity contribution < 1.29 is 18.4 Å². The molecule has 2 N–H and O–H groups in total. The van der Waals surface area contributed by atoms with Gasteiger partial charge in [-0.15, -0.1) is 0 Å². The Balaban J connectivity index is 2.17. The minimum atomic E-state index is -2.82. The van der Waals surface area contributed by atoms with E-state index in [2.05, 4.69) is 15.7 Å². The Morgan fingerprint density at radius 3 is 2.65 bits per heavy atom. The molecular formula is C14H13ClF2N4O2. The first-order valence-corrected chi connectivity index (χ1v) is 7.02. The quantitative estimate of drug-likeness (QED) is 0.877. The Hall–Kier alpha value is -2.48. The van der Waals surface area contributed by atoms with Gasteiger partial charge in [-0.3, -0.25) is 9.59 Å². The number of carbonyl (C=O) groups excluding carboxylic acids is 2. The van der Waals surface area contributed by atoms with Gasteiger partial charge in [0.2, 0.25) is 0 Å². The number of aromatic nitrogens is 2. The zero-order chi connectivity index (χ0) is 17.0. The molecule has 9 heteroatoms. The fourth-order valence-corrected chi connectivity index (χ4v) is 2.00. The predicted molar refractivity (Wildman–Crippen MR) is 80.9 cm³/mol. The first-order valence-electron chi connectivity index (χ1n) is 6.64. The second-order valence-corrected chi connectivity index (χ2v) is 4.87. The van der Waals surface area contributed by atoms with Crippen molar-refractivity contribution in [3.05, 3.63) is 46.7 Å². The highest BCUT2D eigenvalue weighted by atomic mass is 35.5. The molecule has 0 radical (unpaired) electrons. The van der Waals surface area contributed by atoms with Crippen molar-refractivity contribution in [2.24, 2.45) is 0 Å². The van der Waals surface area contributed by atoms with Crippen LogP contribution in [0.3, 0.4) is 0 Å². The number of carbonyl (C=O) groups is 2. The molecule has 0 saturated carbocycles. The largest absolute Gasteiger partial charge is 0.352 e. The molecule has 0 bridgehead atoms. The van der Waals surface area contributed by atoms with Crippen molar-refractivity contribution in [3.8, 4) is 0 Å². The van der Waals surface area contributed by atoms with E-state index in [9.17, 15) is 18.4 Å². The fraction of sp³-hybridized carbons (Fsp3) is 0.214. The summed E-state index contributed by atoms with van der Waals surface area (Å²) in [6.07, 6.45) is 1.00. The summed E-state index contributed by atoms with van der Waals surface area (Å²) in [6, 6.07) is 5.52. The number of alkyl halides is 2. The summed E-state index contributed by atoms with van der Waals surface area (Å²) < 4.78 is 25.3. The van der Waals surface area contributed by atoms with Crippen molar-refractivity contribution >= 4 is 29.1 Å². The van der Waals surface area contributed by atoms with Crippen LogP contribution in [0.1, 0.15) is 34.3 Å². The smallest absolute Gasteiger partial charge is 0.333 e. The molecule has 1 aromatic carbocycles. The number of halogens is 3. The number of hydrogen-bond donors (Lipinski definition) is 2. The number of rotatable bonds is 5. The zero-order valence-electron chi connectivity index (χ0n) is 12.0. The van der Waals surface area contributed by atoms with Crippen LogP contribution in [0.5, 0.6) is 0 Å². The van der Waals surface area contributed by atoms with Gasteiger partial charge in [0.15, 0.2) is 5.69 Å². The average molecular weight is 343 g/mol. The summed E-state index contributed by atoms with van der Waals surface area (Å²) in [5.74, 6) is -1.05. The maximum absolute atomic E-state index is 12.4. The highest BCUT2D eigenvalue weighted by Crippen LogP contribution is 2.21. The topological polar surface area (TPSA) is 76.0 Å². The van der Waals surface area contributed by atoms with E-state index < -0.39 is 12.5 Å². The molecule has 0 aliphatic rings. The fourth-order valence-electron chi connectivity index (χ4n) is 1.80. The molecule has 0 unspecified atom stereocenters. The molecule has 0 spiro atoms. The van der Waals surface area contributed by atoms with Crippen LogP contribution in [0, 0.1) is 0 Å². The second-order valence-electron chi connectivity index (χ2n) is 4.47. The van der Waals surface area contributed by atoms with Crippen LogP contribution in [0.4, 0.5) is 14.5 Å². The monoisotopic (exact) mass is 342 g/mol. The zero-order valence-corrected chi connectivity index (χ0v) is 12.8. The normalized spacial score (nSPS) is 10.7. The standard InChI is InChI=1S/C14H13ClF2N4O2/c1-2-18-12(22)9-7-8(3-4-10(9)15)19-13(23)11-5-6-21(20-11)14(16)17/h3-7,14H,2H2,1H3,(H,18,22)(H,19,23). The van der Waals surface area contributed by atoms with Gasteiger partial charge >= 0.3 is 6.55 Å². The molecule has 0 saturated heterocycles. The molecule has 0 atom stereocenters. The third-order valence-electron chi connectivity index (χ3n) is 2.85. The molecule has 2 amide bonds. The molecule has 1 heterocycles. The van der Waals surface area contributed by atoms with Gasteiger partial charge in [0.1, 0.15) is 0 Å². The van der Waals surface area contributed by atoms with E-state index in [0.717, 1.165) is 6.20 Å². The summed E-state index contributed by atoms with van der Waals surface area (Å²) in [7, 11) is 0. The highest BCUT2D eigenvalue weighted by molar-refractivity contribution is 6.34. The highest BCUT2D eigenvalue weighted by Gasteiger charge is 2.15. The number of benzene rings is 1. The molecular weight excluding hydrogens is 330 g/mol. The lowest BCUT2D eigenvalue weighted by Gasteiger charge is -2.08. The Morgan fingerprint density at radius 1 is 1.30 bits per heavy atom. The van der Waals surface area contributed by atoms with Gasteiger partial charge in [-0.25, -0.2) is 4.68 Å². The van der Waals surface area contributed by atoms with E-state index in [1.165, 1.54) is 24.3 Å². The number of nitrogens with one attached hydrogen (secondary N) is 2. The van der Waals surface area contributed by atoms with Crippen molar-refractivity contribution in [2.45, 2.75) is 13.5 Å². The van der Waals surface area contributed by atoms with Gasteiger partial charge in [-0.2, -0.15) is 13.9 Å². The first kappa shape index (κ1) is 16.9. The number of anilines is 1. The molecule has 23 heavy (non-hydrogen) atoms. The number of amides is 2. The van der Waals surface area contributed by atoms with Crippen molar-refractivity contribution in [3.63, 3.8) is 0 Å². The first-order chi connectivity index (χ1) is 10.9. The average Bonchev–Trinajstić information content (AvgIpc) is 2.99. The van der Waals surface area contributed by atoms with E-state index in [0.29, 0.717) is 16.9 Å². The Bertz CT molecular complexity index is 733. The third kappa shape index (κ3) is 4.04. The van der Waals surface area contributed by atoms with Crippen molar-refractivity contribution in [1.82, 2.24) is 15.1 Å². The number of hydrogen-bond acceptors (Lipinski definition) is 3. The minimum absolute atomic E-state index is 0.167. The molecule has 1 aromatic heterocycles. The lowest BCUT2D eigenvalue weighted by atomic mass is 10.2. The van der Waals surface area contributed by atoms with E-state index in [4.69, 9.17) is 11.6 Å². The summed E-state index contributed by atoms with van der Waals surface area (Å²) in [4.78, 5) is 23.8. The second kappa shape index (κ2) is 7.19. The molecule has 6 nitrogen and oxygen atoms in total. The molecule has 0 aliphatic carbocycles. The van der Waals surface area contributed by atoms with E-state index >= 15 is 0 Å². The van der Waals surface area contributed by atoms with Gasteiger partial charge in [-0.1, -0.05) is 11.6 Å². The molecule has 122 valence electrons. The maximum atomic E-state index is 12.4. The van der Waals surface area contributed by atoms with Gasteiger partial charge in [0.05, 0.1) is 10.6 Å². The van der Waals surface area contributed by atoms with E-state index in [-0.39, 0.29) is 22.2 Å². The van der Waals surface area contributed by atoms with Crippen LogP contribution >= 0.6 is 11.6 Å². The van der Waals surface area contributed by atoms with Crippen LogP contribution in [0.15, 0.2) is 30.5 Å². The van der Waals surface area contributed by atoms with Crippen LogP contribution in [0.25, 0.3) is 0 Å². The van der Waals surface area contributed by atoms with Crippen LogP contribution in [0.2, 0.25) is 5.02 Å². The summed E-state index contributed by atoms with van der Waals surface area (Å²) in [5.41, 5.74) is 0.330. The van der Waals surface area contributed by atoms with Gasteiger partial charge in [-0.05, 0) is 31.2 Å². The van der Waals surface area contributed by atoms with Gasteiger partial charge in [0, 0.05) is 18.4 Å². The maximum Gasteiger partial charge on any atom is 0.333 e. The van der Waals surface area contributed by atoms with Gasteiger partial charge < -0.3 is 10.6 Å². The molecule has 2 rings (SSSR count). The van der Waals surface area contributed by atoms with Crippen molar-refractivity contribution in [2.75, 3.05) is 11.9 Å². The van der Waals surface area contributed by atoms with Crippen LogP contribution in [-0.2, 0) is 0 Å². The summed E-state index contributed by atoms with van der Waals surface area (Å²) >= 11 is 5.95. The van der Waals surface area contributed by atoms with E-state index in [1.54, 1.807) is 6.92 Å². The Morgan fingerprint density at radius 2 is 2.04 bits per heavy atom. The number of nitrogens with zero attached hydrogens (tertiary/aromatic N) is 2. The van der Waals surface area contributed by atoms with Crippen LogP contribution < -0.4 is 10.6 Å². The van der Waals surface area contributed by atoms with Crippen molar-refractivity contribution in [1.29, 1.82) is 0 Å². The summed E-state index contributed by atoms with van der Waals surface area (Å²) in [6.45, 7) is -0.635. The Kier molecular flexibility index (Phi) is 5.28.